The van der Waals surface area contributed by atoms with Gasteiger partial charge in [0.15, 0.2) is 5.11 Å². The summed E-state index contributed by atoms with van der Waals surface area (Å²) in [5.74, 6) is 0.450. The monoisotopic (exact) mass is 395 g/mol. The lowest BCUT2D eigenvalue weighted by atomic mass is 10.2. The molecule has 7 heteroatoms. The quantitative estimate of drug-likeness (QED) is 0.461. The van der Waals surface area contributed by atoms with Gasteiger partial charge in [0.1, 0.15) is 11.6 Å². The van der Waals surface area contributed by atoms with E-state index >= 15 is 0 Å². The predicted octanol–water partition coefficient (Wildman–Crippen LogP) is 3.60. The fraction of sp³-hybridized carbons (Fsp3) is 0.125. The van der Waals surface area contributed by atoms with Gasteiger partial charge in [0.05, 0.1) is 13.3 Å². The SMILES string of the molecule is COc1ccc(CNC(=S)N/N=C\c2cc(Br)ccc2F)cc1. The van der Waals surface area contributed by atoms with Gasteiger partial charge in [0.2, 0.25) is 0 Å². The van der Waals surface area contributed by atoms with Crippen molar-refractivity contribution >= 4 is 39.5 Å². The van der Waals surface area contributed by atoms with Gasteiger partial charge < -0.3 is 10.1 Å². The highest BCUT2D eigenvalue weighted by Crippen LogP contribution is 2.13. The van der Waals surface area contributed by atoms with Crippen molar-refractivity contribution in [1.82, 2.24) is 10.7 Å². The van der Waals surface area contributed by atoms with Crippen LogP contribution in [0.2, 0.25) is 0 Å². The maximum Gasteiger partial charge on any atom is 0.187 e. The molecule has 0 amide bonds. The average molecular weight is 396 g/mol. The second kappa shape index (κ2) is 8.59. The molecule has 0 unspecified atom stereocenters. The van der Waals surface area contributed by atoms with Crippen LogP contribution in [0, 0.1) is 5.82 Å². The van der Waals surface area contributed by atoms with Crippen LogP contribution < -0.4 is 15.5 Å². The highest BCUT2D eigenvalue weighted by atomic mass is 79.9. The number of ether oxygens (including phenoxy) is 1. The highest BCUT2D eigenvalue weighted by Gasteiger charge is 2.00. The van der Waals surface area contributed by atoms with Crippen molar-refractivity contribution in [1.29, 1.82) is 0 Å². The Hall–Kier alpha value is -1.99. The first kappa shape index (κ1) is 17.4. The number of hydrazone groups is 1. The molecular weight excluding hydrogens is 381 g/mol. The molecule has 0 bridgehead atoms. The normalized spacial score (nSPS) is 10.6. The fourth-order valence-electron chi connectivity index (χ4n) is 1.74. The van der Waals surface area contributed by atoms with E-state index in [1.807, 2.05) is 24.3 Å². The molecule has 0 atom stereocenters. The molecule has 0 aliphatic rings. The van der Waals surface area contributed by atoms with Crippen LogP contribution in [0.15, 0.2) is 52.0 Å². The van der Waals surface area contributed by atoms with Crippen LogP contribution in [0.1, 0.15) is 11.1 Å². The van der Waals surface area contributed by atoms with E-state index in [0.717, 1.165) is 15.8 Å². The second-order valence-electron chi connectivity index (χ2n) is 4.57. The molecule has 0 spiro atoms. The lowest BCUT2D eigenvalue weighted by molar-refractivity contribution is 0.414. The van der Waals surface area contributed by atoms with Crippen LogP contribution in [0.4, 0.5) is 4.39 Å². The van der Waals surface area contributed by atoms with Gasteiger partial charge in [-0.15, -0.1) is 0 Å². The lowest BCUT2D eigenvalue weighted by Crippen LogP contribution is -2.31. The zero-order chi connectivity index (χ0) is 16.7. The lowest BCUT2D eigenvalue weighted by Gasteiger charge is -2.07. The van der Waals surface area contributed by atoms with Crippen molar-refractivity contribution in [3.05, 3.63) is 63.9 Å². The third-order valence-electron chi connectivity index (χ3n) is 2.94. The van der Waals surface area contributed by atoms with Crippen LogP contribution in [0.5, 0.6) is 5.75 Å². The average Bonchev–Trinajstić information content (AvgIpc) is 2.56. The molecule has 0 aromatic heterocycles. The molecule has 0 saturated heterocycles. The number of methoxy groups -OCH3 is 1. The van der Waals surface area contributed by atoms with Crippen LogP contribution >= 0.6 is 28.1 Å². The van der Waals surface area contributed by atoms with Gasteiger partial charge in [-0.3, -0.25) is 5.43 Å². The summed E-state index contributed by atoms with van der Waals surface area (Å²) in [7, 11) is 1.62. The smallest absolute Gasteiger partial charge is 0.187 e. The molecule has 0 radical (unpaired) electrons. The zero-order valence-electron chi connectivity index (χ0n) is 12.3. The Bertz CT molecular complexity index is 707. The summed E-state index contributed by atoms with van der Waals surface area (Å²) in [5.41, 5.74) is 4.07. The first-order valence-electron chi connectivity index (χ1n) is 6.73. The molecule has 23 heavy (non-hydrogen) atoms. The number of hydrogen-bond donors (Lipinski definition) is 2. The molecule has 0 heterocycles. The van der Waals surface area contributed by atoms with Gasteiger partial charge in [-0.2, -0.15) is 5.10 Å². The van der Waals surface area contributed by atoms with Gasteiger partial charge in [0, 0.05) is 16.6 Å². The molecule has 120 valence electrons. The minimum atomic E-state index is -0.351. The van der Waals surface area contributed by atoms with Gasteiger partial charge in [0.25, 0.3) is 0 Å². The molecule has 4 nitrogen and oxygen atoms in total. The number of benzene rings is 2. The first-order chi connectivity index (χ1) is 11.1. The third-order valence-corrected chi connectivity index (χ3v) is 3.67. The highest BCUT2D eigenvalue weighted by molar-refractivity contribution is 9.10. The van der Waals surface area contributed by atoms with E-state index in [9.17, 15) is 4.39 Å². The molecule has 0 aliphatic carbocycles. The van der Waals surface area contributed by atoms with Crippen molar-refractivity contribution in [3.63, 3.8) is 0 Å². The summed E-state index contributed by atoms with van der Waals surface area (Å²) in [6, 6.07) is 12.3. The summed E-state index contributed by atoms with van der Waals surface area (Å²) in [4.78, 5) is 0. The minimum Gasteiger partial charge on any atom is -0.497 e. The van der Waals surface area contributed by atoms with Gasteiger partial charge >= 0.3 is 0 Å². The first-order valence-corrected chi connectivity index (χ1v) is 7.93. The Morgan fingerprint density at radius 3 is 2.74 bits per heavy atom. The number of nitrogens with one attached hydrogen (secondary N) is 2. The molecule has 2 rings (SSSR count). The molecule has 0 aliphatic heterocycles. The topological polar surface area (TPSA) is 45.6 Å². The Balaban J connectivity index is 1.82. The number of hydrogen-bond acceptors (Lipinski definition) is 3. The Kier molecular flexibility index (Phi) is 6.49. The van der Waals surface area contributed by atoms with E-state index in [-0.39, 0.29) is 5.82 Å². The van der Waals surface area contributed by atoms with E-state index in [0.29, 0.717) is 17.2 Å². The number of rotatable bonds is 5. The minimum absolute atomic E-state index is 0.351. The van der Waals surface area contributed by atoms with Gasteiger partial charge in [-0.05, 0) is 48.1 Å². The summed E-state index contributed by atoms with van der Waals surface area (Å²) < 4.78 is 19.4. The van der Waals surface area contributed by atoms with Gasteiger partial charge in [-0.1, -0.05) is 28.1 Å². The molecule has 0 saturated carbocycles. The summed E-state index contributed by atoms with van der Waals surface area (Å²) in [6.45, 7) is 0.552. The standard InChI is InChI=1S/C16H15BrFN3OS/c1-22-14-5-2-11(3-6-14)9-19-16(23)21-20-10-12-8-13(17)4-7-15(12)18/h2-8,10H,9H2,1H3,(H2,19,21,23)/b20-10-. The molecule has 0 fully saturated rings. The Morgan fingerprint density at radius 1 is 1.30 bits per heavy atom. The van der Waals surface area contributed by atoms with E-state index in [2.05, 4.69) is 31.8 Å². The van der Waals surface area contributed by atoms with Crippen LogP contribution in [0.25, 0.3) is 0 Å². The van der Waals surface area contributed by atoms with Crippen molar-refractivity contribution in [3.8, 4) is 5.75 Å². The zero-order valence-corrected chi connectivity index (χ0v) is 14.7. The summed E-state index contributed by atoms with van der Waals surface area (Å²) in [6.07, 6.45) is 1.38. The Labute approximate surface area is 147 Å². The van der Waals surface area contributed by atoms with E-state index in [1.54, 1.807) is 19.2 Å². The molecule has 2 aromatic rings. The van der Waals surface area contributed by atoms with E-state index < -0.39 is 0 Å². The van der Waals surface area contributed by atoms with Crippen LogP contribution in [-0.4, -0.2) is 18.4 Å². The third kappa shape index (κ3) is 5.61. The number of nitrogens with zero attached hydrogens (tertiary/aromatic N) is 1. The maximum atomic E-state index is 13.5. The number of thiocarbonyl (C=S) groups is 1. The van der Waals surface area contributed by atoms with Crippen molar-refractivity contribution in [2.75, 3.05) is 7.11 Å². The van der Waals surface area contributed by atoms with E-state index in [4.69, 9.17) is 17.0 Å². The predicted molar refractivity (Wildman–Crippen MR) is 97.3 cm³/mol. The summed E-state index contributed by atoms with van der Waals surface area (Å²) in [5, 5.41) is 7.29. The number of halogens is 2. The fourth-order valence-corrected chi connectivity index (χ4v) is 2.24. The second-order valence-corrected chi connectivity index (χ2v) is 5.89. The van der Waals surface area contributed by atoms with Crippen LogP contribution in [0.3, 0.4) is 0 Å². The largest absolute Gasteiger partial charge is 0.497 e. The van der Waals surface area contributed by atoms with Crippen LogP contribution in [-0.2, 0) is 6.54 Å². The maximum absolute atomic E-state index is 13.5. The molecule has 2 aromatic carbocycles. The van der Waals surface area contributed by atoms with Gasteiger partial charge in [-0.25, -0.2) is 4.39 Å². The molecule has 2 N–H and O–H groups in total. The Morgan fingerprint density at radius 2 is 2.04 bits per heavy atom. The molecular formula is C16H15BrFN3OS. The summed E-state index contributed by atoms with van der Waals surface area (Å²) >= 11 is 8.39. The van der Waals surface area contributed by atoms with Crippen molar-refractivity contribution in [2.45, 2.75) is 6.54 Å². The van der Waals surface area contributed by atoms with Crippen molar-refractivity contribution in [2.24, 2.45) is 5.10 Å². The van der Waals surface area contributed by atoms with Crippen molar-refractivity contribution < 1.29 is 9.13 Å². The van der Waals surface area contributed by atoms with E-state index in [1.165, 1.54) is 12.3 Å².